The zero-order valence-electron chi connectivity index (χ0n) is 14.2. The molecule has 0 spiro atoms. The van der Waals surface area contributed by atoms with E-state index in [0.29, 0.717) is 16.9 Å². The fourth-order valence-electron chi connectivity index (χ4n) is 2.65. The maximum absolute atomic E-state index is 12.9. The number of ether oxygens (including phenoxy) is 1. The molecule has 0 amide bonds. The standard InChI is InChI=1S/C18H11Cl2F3N4O/c1-28-11-4-2-9(3-5-11)15-14(8-24)26-27(17(15)25)16-12(19)6-10(7-13(16)20)18(21,22)23/h2-7H,25H2,1H3. The highest BCUT2D eigenvalue weighted by Gasteiger charge is 2.33. The summed E-state index contributed by atoms with van der Waals surface area (Å²) in [4.78, 5) is 0. The van der Waals surface area contributed by atoms with Crippen molar-refractivity contribution in [2.75, 3.05) is 12.8 Å². The third-order valence-electron chi connectivity index (χ3n) is 3.96. The third-order valence-corrected chi connectivity index (χ3v) is 4.54. The van der Waals surface area contributed by atoms with E-state index in [4.69, 9.17) is 33.7 Å². The molecule has 0 bridgehead atoms. The van der Waals surface area contributed by atoms with Crippen molar-refractivity contribution in [3.05, 3.63) is 57.7 Å². The van der Waals surface area contributed by atoms with Gasteiger partial charge in [0, 0.05) is 0 Å². The van der Waals surface area contributed by atoms with E-state index in [1.807, 2.05) is 6.07 Å². The van der Waals surface area contributed by atoms with Crippen LogP contribution in [0.1, 0.15) is 11.3 Å². The van der Waals surface area contributed by atoms with Crippen molar-refractivity contribution in [2.24, 2.45) is 0 Å². The van der Waals surface area contributed by atoms with Crippen LogP contribution in [0, 0.1) is 11.3 Å². The Morgan fingerprint density at radius 2 is 1.71 bits per heavy atom. The maximum Gasteiger partial charge on any atom is 0.416 e. The molecule has 1 aromatic heterocycles. The van der Waals surface area contributed by atoms with E-state index in [1.54, 1.807) is 24.3 Å². The number of aromatic nitrogens is 2. The number of hydrogen-bond acceptors (Lipinski definition) is 4. The Bertz CT molecular complexity index is 1060. The van der Waals surface area contributed by atoms with Crippen LogP contribution in [0.4, 0.5) is 19.0 Å². The first-order valence-electron chi connectivity index (χ1n) is 7.67. The molecule has 0 aliphatic carbocycles. The molecule has 3 rings (SSSR count). The van der Waals surface area contributed by atoms with Crippen LogP contribution in [0.2, 0.25) is 10.0 Å². The second kappa shape index (κ2) is 7.26. The summed E-state index contributed by atoms with van der Waals surface area (Å²) in [5.41, 5.74) is 5.94. The van der Waals surface area contributed by atoms with Crippen LogP contribution in [0.3, 0.4) is 0 Å². The number of nitrogens with two attached hydrogens (primary N) is 1. The van der Waals surface area contributed by atoms with E-state index in [2.05, 4.69) is 5.10 Å². The summed E-state index contributed by atoms with van der Waals surface area (Å²) >= 11 is 12.1. The Morgan fingerprint density at radius 1 is 1.14 bits per heavy atom. The topological polar surface area (TPSA) is 76.9 Å². The van der Waals surface area contributed by atoms with E-state index in [0.717, 1.165) is 16.8 Å². The molecular weight excluding hydrogens is 416 g/mol. The Kier molecular flexibility index (Phi) is 5.15. The predicted molar refractivity (Wildman–Crippen MR) is 99.7 cm³/mol. The minimum absolute atomic E-state index is 0.00488. The number of nitriles is 1. The number of nitrogens with zero attached hydrogens (tertiary/aromatic N) is 3. The lowest BCUT2D eigenvalue weighted by molar-refractivity contribution is -0.137. The first kappa shape index (κ1) is 19.9. The van der Waals surface area contributed by atoms with E-state index in [1.165, 1.54) is 7.11 Å². The summed E-state index contributed by atoms with van der Waals surface area (Å²) in [6.45, 7) is 0. The van der Waals surface area contributed by atoms with Crippen LogP contribution in [0.15, 0.2) is 36.4 Å². The van der Waals surface area contributed by atoms with Gasteiger partial charge in [0.2, 0.25) is 0 Å². The first-order chi connectivity index (χ1) is 13.2. The molecule has 0 radical (unpaired) electrons. The van der Waals surface area contributed by atoms with Crippen LogP contribution in [0.25, 0.3) is 16.8 Å². The minimum atomic E-state index is -4.62. The molecule has 0 aliphatic heterocycles. The van der Waals surface area contributed by atoms with Crippen LogP contribution in [-0.4, -0.2) is 16.9 Å². The molecule has 10 heteroatoms. The van der Waals surface area contributed by atoms with Gasteiger partial charge in [-0.05, 0) is 29.8 Å². The van der Waals surface area contributed by atoms with Crippen LogP contribution in [-0.2, 0) is 6.18 Å². The number of rotatable bonds is 3. The number of nitrogen functional groups attached to an aromatic ring is 1. The fourth-order valence-corrected chi connectivity index (χ4v) is 3.30. The monoisotopic (exact) mass is 426 g/mol. The van der Waals surface area contributed by atoms with Gasteiger partial charge in [0.25, 0.3) is 0 Å². The normalized spacial score (nSPS) is 11.3. The number of halogens is 5. The molecule has 144 valence electrons. The molecule has 0 fully saturated rings. The summed E-state index contributed by atoms with van der Waals surface area (Å²) in [5, 5.41) is 12.9. The van der Waals surface area contributed by atoms with Gasteiger partial charge in [-0.3, -0.25) is 0 Å². The van der Waals surface area contributed by atoms with Crippen molar-refractivity contribution in [2.45, 2.75) is 6.18 Å². The molecule has 3 aromatic rings. The van der Waals surface area contributed by atoms with Crippen molar-refractivity contribution in [1.82, 2.24) is 9.78 Å². The Balaban J connectivity index is 2.20. The Labute approximate surface area is 167 Å². The van der Waals surface area contributed by atoms with Crippen LogP contribution >= 0.6 is 23.2 Å². The molecule has 0 saturated carbocycles. The lowest BCUT2D eigenvalue weighted by Gasteiger charge is -2.13. The van der Waals surface area contributed by atoms with Crippen LogP contribution < -0.4 is 10.5 Å². The Morgan fingerprint density at radius 3 is 2.18 bits per heavy atom. The largest absolute Gasteiger partial charge is 0.497 e. The van der Waals surface area contributed by atoms with Crippen LogP contribution in [0.5, 0.6) is 5.75 Å². The number of anilines is 1. The number of benzene rings is 2. The SMILES string of the molecule is COc1ccc(-c2c(C#N)nn(-c3c(Cl)cc(C(F)(F)F)cc3Cl)c2N)cc1. The zero-order valence-corrected chi connectivity index (χ0v) is 15.7. The summed E-state index contributed by atoms with van der Waals surface area (Å²) < 4.78 is 45.0. The van der Waals surface area contributed by atoms with Gasteiger partial charge in [0.15, 0.2) is 5.69 Å². The molecule has 5 nitrogen and oxygen atoms in total. The molecule has 0 atom stereocenters. The van der Waals surface area contributed by atoms with Crippen molar-refractivity contribution in [1.29, 1.82) is 5.26 Å². The predicted octanol–water partition coefficient (Wildman–Crippen LogP) is 5.33. The van der Waals surface area contributed by atoms with Gasteiger partial charge in [0.05, 0.1) is 28.3 Å². The van der Waals surface area contributed by atoms with E-state index < -0.39 is 11.7 Å². The highest BCUT2D eigenvalue weighted by atomic mass is 35.5. The highest BCUT2D eigenvalue weighted by molar-refractivity contribution is 6.38. The molecular formula is C18H11Cl2F3N4O. The minimum Gasteiger partial charge on any atom is -0.497 e. The number of methoxy groups -OCH3 is 1. The zero-order chi connectivity index (χ0) is 20.6. The van der Waals surface area contributed by atoms with Gasteiger partial charge in [-0.25, -0.2) is 4.68 Å². The van der Waals surface area contributed by atoms with Gasteiger partial charge >= 0.3 is 6.18 Å². The average Bonchev–Trinajstić information content (AvgIpc) is 2.97. The lowest BCUT2D eigenvalue weighted by atomic mass is 10.1. The molecule has 0 aliphatic rings. The fraction of sp³-hybridized carbons (Fsp3) is 0.111. The van der Waals surface area contributed by atoms with E-state index in [-0.39, 0.29) is 27.2 Å². The Hall–Kier alpha value is -2.89. The average molecular weight is 427 g/mol. The lowest BCUT2D eigenvalue weighted by Crippen LogP contribution is -2.08. The quantitative estimate of drug-likeness (QED) is 0.613. The van der Waals surface area contributed by atoms with E-state index >= 15 is 0 Å². The van der Waals surface area contributed by atoms with Crippen molar-refractivity contribution in [3.63, 3.8) is 0 Å². The van der Waals surface area contributed by atoms with Gasteiger partial charge in [-0.15, -0.1) is 0 Å². The molecule has 0 unspecified atom stereocenters. The summed E-state index contributed by atoms with van der Waals surface area (Å²) in [5.74, 6) is 0.604. The molecule has 2 aromatic carbocycles. The van der Waals surface area contributed by atoms with Crippen molar-refractivity contribution in [3.8, 4) is 28.6 Å². The second-order valence-electron chi connectivity index (χ2n) is 5.65. The third kappa shape index (κ3) is 3.46. The van der Waals surface area contributed by atoms with Gasteiger partial charge in [0.1, 0.15) is 23.3 Å². The summed E-state index contributed by atoms with van der Waals surface area (Å²) in [7, 11) is 1.51. The summed E-state index contributed by atoms with van der Waals surface area (Å²) in [6.07, 6.45) is -4.62. The highest BCUT2D eigenvalue weighted by Crippen LogP contribution is 2.40. The number of alkyl halides is 3. The van der Waals surface area contributed by atoms with Gasteiger partial charge < -0.3 is 10.5 Å². The van der Waals surface area contributed by atoms with Crippen molar-refractivity contribution < 1.29 is 17.9 Å². The summed E-state index contributed by atoms with van der Waals surface area (Å²) in [6, 6.07) is 10.1. The van der Waals surface area contributed by atoms with Gasteiger partial charge in [-0.1, -0.05) is 35.3 Å². The second-order valence-corrected chi connectivity index (χ2v) is 6.46. The molecule has 28 heavy (non-hydrogen) atoms. The van der Waals surface area contributed by atoms with Gasteiger partial charge in [-0.2, -0.15) is 23.5 Å². The number of hydrogen-bond donors (Lipinski definition) is 1. The first-order valence-corrected chi connectivity index (χ1v) is 8.42. The maximum atomic E-state index is 12.9. The molecule has 1 heterocycles. The molecule has 0 saturated heterocycles. The smallest absolute Gasteiger partial charge is 0.416 e. The van der Waals surface area contributed by atoms with Crippen molar-refractivity contribution >= 4 is 29.0 Å². The molecule has 2 N–H and O–H groups in total. The van der Waals surface area contributed by atoms with E-state index in [9.17, 15) is 18.4 Å².